The van der Waals surface area contributed by atoms with Crippen molar-refractivity contribution in [2.24, 2.45) is 17.6 Å². The summed E-state index contributed by atoms with van der Waals surface area (Å²) >= 11 is 3.33. The highest BCUT2D eigenvalue weighted by atomic mass is 79.9. The molecule has 0 fully saturated rings. The predicted molar refractivity (Wildman–Crippen MR) is 76.5 cm³/mol. The zero-order chi connectivity index (χ0) is 13.9. The van der Waals surface area contributed by atoms with Crippen LogP contribution in [0.25, 0.3) is 0 Å². The lowest BCUT2D eigenvalue weighted by Crippen LogP contribution is -2.32. The van der Waals surface area contributed by atoms with E-state index in [4.69, 9.17) is 5.73 Å². The van der Waals surface area contributed by atoms with Gasteiger partial charge in [0.1, 0.15) is 0 Å². The zero-order valence-corrected chi connectivity index (χ0v) is 12.5. The Morgan fingerprint density at radius 3 is 2.44 bits per heavy atom. The second-order valence-corrected chi connectivity index (χ2v) is 5.77. The molecule has 1 aromatic rings. The van der Waals surface area contributed by atoms with Crippen molar-refractivity contribution >= 4 is 21.6 Å². The van der Waals surface area contributed by atoms with Gasteiger partial charge in [0.2, 0.25) is 0 Å². The Balaban J connectivity index is 3.04. The lowest BCUT2D eigenvalue weighted by atomic mass is 9.84. The van der Waals surface area contributed by atoms with Crippen LogP contribution >= 0.6 is 15.9 Å². The summed E-state index contributed by atoms with van der Waals surface area (Å²) in [7, 11) is 0. The molecular formula is C13H19BrN2O2. The van der Waals surface area contributed by atoms with Gasteiger partial charge in [0.25, 0.3) is 5.69 Å². The van der Waals surface area contributed by atoms with E-state index in [-0.39, 0.29) is 16.7 Å². The van der Waals surface area contributed by atoms with Crippen LogP contribution in [0.15, 0.2) is 22.7 Å². The van der Waals surface area contributed by atoms with Gasteiger partial charge in [0.15, 0.2) is 0 Å². The van der Waals surface area contributed by atoms with Gasteiger partial charge in [-0.15, -0.1) is 0 Å². The maximum absolute atomic E-state index is 10.9. The number of benzene rings is 1. The zero-order valence-electron chi connectivity index (χ0n) is 10.9. The maximum atomic E-state index is 10.9. The van der Waals surface area contributed by atoms with E-state index >= 15 is 0 Å². The molecule has 0 spiro atoms. The Morgan fingerprint density at radius 2 is 2.00 bits per heavy atom. The van der Waals surface area contributed by atoms with Crippen LogP contribution in [0.5, 0.6) is 0 Å². The Labute approximate surface area is 116 Å². The molecule has 0 amide bonds. The number of rotatable bonds is 5. The Kier molecular flexibility index (Phi) is 5.28. The highest BCUT2D eigenvalue weighted by Gasteiger charge is 2.22. The minimum atomic E-state index is -0.371. The Bertz CT molecular complexity index is 425. The molecule has 0 aliphatic heterocycles. The lowest BCUT2D eigenvalue weighted by molar-refractivity contribution is -0.385. The molecule has 0 radical (unpaired) electrons. The highest BCUT2D eigenvalue weighted by Crippen LogP contribution is 2.31. The van der Waals surface area contributed by atoms with Crippen molar-refractivity contribution in [3.05, 3.63) is 38.3 Å². The van der Waals surface area contributed by atoms with Crippen LogP contribution < -0.4 is 5.73 Å². The molecule has 2 N–H and O–H groups in total. The van der Waals surface area contributed by atoms with E-state index in [1.807, 2.05) is 13.0 Å². The fraction of sp³-hybridized carbons (Fsp3) is 0.538. The molecule has 0 heterocycles. The van der Waals surface area contributed by atoms with Crippen LogP contribution in [0.3, 0.4) is 0 Å². The summed E-state index contributed by atoms with van der Waals surface area (Å²) in [4.78, 5) is 10.5. The molecule has 1 rings (SSSR count). The molecule has 0 saturated carbocycles. The molecule has 2 atom stereocenters. The van der Waals surface area contributed by atoms with Gasteiger partial charge in [-0.3, -0.25) is 10.1 Å². The summed E-state index contributed by atoms with van der Waals surface area (Å²) < 4.78 is 0.571. The van der Waals surface area contributed by atoms with E-state index in [2.05, 4.69) is 29.8 Å². The van der Waals surface area contributed by atoms with Gasteiger partial charge in [0, 0.05) is 12.1 Å². The van der Waals surface area contributed by atoms with Crippen LogP contribution in [0.1, 0.15) is 26.3 Å². The number of hydrogen-bond donors (Lipinski definition) is 1. The fourth-order valence-electron chi connectivity index (χ4n) is 2.15. The Morgan fingerprint density at radius 1 is 1.39 bits per heavy atom. The van der Waals surface area contributed by atoms with Crippen molar-refractivity contribution in [3.63, 3.8) is 0 Å². The molecule has 0 saturated heterocycles. The predicted octanol–water partition coefficient (Wildman–Crippen LogP) is 3.52. The van der Waals surface area contributed by atoms with Crippen molar-refractivity contribution in [1.82, 2.24) is 0 Å². The minimum absolute atomic E-state index is 0.0659. The van der Waals surface area contributed by atoms with Gasteiger partial charge in [-0.1, -0.05) is 26.0 Å². The van der Waals surface area contributed by atoms with Crippen molar-refractivity contribution < 1.29 is 4.92 Å². The van der Waals surface area contributed by atoms with Gasteiger partial charge in [-0.05, 0) is 46.7 Å². The van der Waals surface area contributed by atoms with E-state index in [0.717, 1.165) is 12.0 Å². The van der Waals surface area contributed by atoms with Crippen molar-refractivity contribution in [3.8, 4) is 0 Å². The summed E-state index contributed by atoms with van der Waals surface area (Å²) in [6, 6.07) is 5.20. The lowest BCUT2D eigenvalue weighted by Gasteiger charge is -2.25. The molecule has 4 nitrogen and oxygen atoms in total. The fourth-order valence-corrected chi connectivity index (χ4v) is 2.72. The van der Waals surface area contributed by atoms with Gasteiger partial charge in [0.05, 0.1) is 9.40 Å². The number of nitro benzene ring substituents is 1. The number of nitro groups is 1. The molecule has 0 aliphatic carbocycles. The quantitative estimate of drug-likeness (QED) is 0.667. The molecule has 1 aromatic carbocycles. The van der Waals surface area contributed by atoms with E-state index in [0.29, 0.717) is 16.3 Å². The number of nitrogens with two attached hydrogens (primary N) is 1. The van der Waals surface area contributed by atoms with Crippen LogP contribution in [-0.4, -0.2) is 11.0 Å². The van der Waals surface area contributed by atoms with E-state index in [9.17, 15) is 10.1 Å². The van der Waals surface area contributed by atoms with Crippen molar-refractivity contribution in [2.75, 3.05) is 0 Å². The second kappa shape index (κ2) is 6.29. The molecule has 0 aromatic heterocycles. The van der Waals surface area contributed by atoms with Crippen molar-refractivity contribution in [2.45, 2.75) is 33.2 Å². The smallest absolute Gasteiger partial charge is 0.283 e. The first kappa shape index (κ1) is 15.1. The molecule has 2 unspecified atom stereocenters. The van der Waals surface area contributed by atoms with Crippen LogP contribution in [0.4, 0.5) is 5.69 Å². The first-order valence-corrected chi connectivity index (χ1v) is 6.81. The topological polar surface area (TPSA) is 69.2 Å². The van der Waals surface area contributed by atoms with Gasteiger partial charge in [-0.2, -0.15) is 0 Å². The third-order valence-corrected chi connectivity index (χ3v) is 4.16. The summed E-state index contributed by atoms with van der Waals surface area (Å²) in [5.41, 5.74) is 7.04. The first-order valence-electron chi connectivity index (χ1n) is 6.02. The monoisotopic (exact) mass is 314 g/mol. The van der Waals surface area contributed by atoms with Crippen LogP contribution in [-0.2, 0) is 6.42 Å². The molecule has 0 aliphatic rings. The van der Waals surface area contributed by atoms with Crippen LogP contribution in [0, 0.1) is 22.0 Å². The minimum Gasteiger partial charge on any atom is -0.328 e. The molecule has 5 heteroatoms. The van der Waals surface area contributed by atoms with E-state index in [1.165, 1.54) is 6.07 Å². The average molecular weight is 315 g/mol. The van der Waals surface area contributed by atoms with Crippen LogP contribution in [0.2, 0.25) is 0 Å². The molecule has 0 bridgehead atoms. The van der Waals surface area contributed by atoms with Gasteiger partial charge in [-0.25, -0.2) is 0 Å². The SMILES string of the molecule is CC(C)C(Cc1cccc([N+](=O)[O-])c1Br)C(C)N. The third kappa shape index (κ3) is 3.53. The number of hydrogen-bond acceptors (Lipinski definition) is 3. The summed E-state index contributed by atoms with van der Waals surface area (Å²) in [5.74, 6) is 0.750. The highest BCUT2D eigenvalue weighted by molar-refractivity contribution is 9.10. The Hall–Kier alpha value is -0.940. The van der Waals surface area contributed by atoms with Crippen molar-refractivity contribution in [1.29, 1.82) is 0 Å². The van der Waals surface area contributed by atoms with Gasteiger partial charge < -0.3 is 5.73 Å². The number of nitrogens with zero attached hydrogens (tertiary/aromatic N) is 1. The third-order valence-electron chi connectivity index (χ3n) is 3.24. The maximum Gasteiger partial charge on any atom is 0.283 e. The normalized spacial score (nSPS) is 14.6. The summed E-state index contributed by atoms with van der Waals surface area (Å²) in [6.07, 6.45) is 0.748. The number of halogens is 1. The van der Waals surface area contributed by atoms with E-state index in [1.54, 1.807) is 6.07 Å². The van der Waals surface area contributed by atoms with E-state index < -0.39 is 0 Å². The average Bonchev–Trinajstić information content (AvgIpc) is 2.26. The largest absolute Gasteiger partial charge is 0.328 e. The molecular weight excluding hydrogens is 296 g/mol. The second-order valence-electron chi connectivity index (χ2n) is 4.98. The first-order chi connectivity index (χ1) is 8.34. The molecule has 100 valence electrons. The standard InChI is InChI=1S/C13H19BrN2O2/c1-8(2)11(9(3)15)7-10-5-4-6-12(13(10)14)16(17)18/h4-6,8-9,11H,7,15H2,1-3H3. The summed E-state index contributed by atoms with van der Waals surface area (Å²) in [6.45, 7) is 6.23. The summed E-state index contributed by atoms with van der Waals surface area (Å²) in [5, 5.41) is 10.9. The molecule has 18 heavy (non-hydrogen) atoms. The van der Waals surface area contributed by atoms with Gasteiger partial charge >= 0.3 is 0 Å².